The molecule has 0 spiro atoms. The lowest BCUT2D eigenvalue weighted by molar-refractivity contribution is -0.124. The zero-order chi connectivity index (χ0) is 14.8. The maximum atomic E-state index is 12.1. The first-order valence-corrected chi connectivity index (χ1v) is 6.87. The highest BCUT2D eigenvalue weighted by atomic mass is 16.1. The molecule has 2 aromatic rings. The van der Waals surface area contributed by atoms with Crippen LogP contribution in [-0.2, 0) is 11.3 Å². The predicted octanol–water partition coefficient (Wildman–Crippen LogP) is -0.818. The molecule has 110 valence electrons. The zero-order valence-electron chi connectivity index (χ0n) is 11.5. The van der Waals surface area contributed by atoms with Gasteiger partial charge in [0.2, 0.25) is 5.91 Å². The second-order valence-corrected chi connectivity index (χ2v) is 5.12. The Balaban J connectivity index is 1.91. The summed E-state index contributed by atoms with van der Waals surface area (Å²) >= 11 is 0. The van der Waals surface area contributed by atoms with E-state index in [4.69, 9.17) is 5.73 Å². The largest absolute Gasteiger partial charge is 0.368 e. The van der Waals surface area contributed by atoms with Crippen molar-refractivity contribution in [2.24, 2.45) is 5.73 Å². The number of aromatic nitrogens is 2. The van der Waals surface area contributed by atoms with Crippen molar-refractivity contribution >= 4 is 16.9 Å². The molecule has 1 aliphatic rings. The Morgan fingerprint density at radius 1 is 1.43 bits per heavy atom. The molecule has 0 saturated carbocycles. The van der Waals surface area contributed by atoms with Gasteiger partial charge >= 0.3 is 0 Å². The van der Waals surface area contributed by atoms with Crippen LogP contribution in [0.1, 0.15) is 5.69 Å². The Morgan fingerprint density at radius 2 is 2.24 bits per heavy atom. The molecule has 1 amide bonds. The van der Waals surface area contributed by atoms with Crippen molar-refractivity contribution in [1.29, 1.82) is 0 Å². The minimum atomic E-state index is -0.411. The number of carbonyl (C=O) groups excluding carboxylic acids is 1. The number of aromatic amines is 1. The summed E-state index contributed by atoms with van der Waals surface area (Å²) in [7, 11) is 0. The molecule has 1 aromatic heterocycles. The lowest BCUT2D eigenvalue weighted by atomic mass is 10.1. The van der Waals surface area contributed by atoms with E-state index in [1.54, 1.807) is 0 Å². The fraction of sp³-hybridized carbons (Fsp3) is 0.357. The fourth-order valence-electron chi connectivity index (χ4n) is 2.58. The number of nitrogens with one attached hydrogen (secondary N) is 2. The van der Waals surface area contributed by atoms with Crippen molar-refractivity contribution in [3.8, 4) is 0 Å². The number of fused-ring (bicyclic) bond motifs is 1. The SMILES string of the molecule is NC(=O)C1CNCCN1Cc1nc2ccccc2[nH]c1=O. The van der Waals surface area contributed by atoms with Gasteiger partial charge in [-0.1, -0.05) is 12.1 Å². The lowest BCUT2D eigenvalue weighted by Crippen LogP contribution is -2.56. The van der Waals surface area contributed by atoms with E-state index >= 15 is 0 Å². The minimum absolute atomic E-state index is 0.226. The van der Waals surface area contributed by atoms with Gasteiger partial charge in [-0.25, -0.2) is 4.98 Å². The van der Waals surface area contributed by atoms with Crippen molar-refractivity contribution < 1.29 is 4.79 Å². The van der Waals surface area contributed by atoms with Gasteiger partial charge in [0, 0.05) is 26.2 Å². The molecule has 0 radical (unpaired) electrons. The topological polar surface area (TPSA) is 104 Å². The fourth-order valence-corrected chi connectivity index (χ4v) is 2.58. The molecule has 1 aromatic carbocycles. The molecule has 3 rings (SSSR count). The van der Waals surface area contributed by atoms with Gasteiger partial charge in [0.1, 0.15) is 11.7 Å². The van der Waals surface area contributed by atoms with E-state index in [0.29, 0.717) is 30.8 Å². The molecule has 1 fully saturated rings. The second-order valence-electron chi connectivity index (χ2n) is 5.12. The third-order valence-corrected chi connectivity index (χ3v) is 3.71. The van der Waals surface area contributed by atoms with Crippen LogP contribution in [0.2, 0.25) is 0 Å². The van der Waals surface area contributed by atoms with Crippen molar-refractivity contribution in [2.75, 3.05) is 19.6 Å². The van der Waals surface area contributed by atoms with Crippen LogP contribution in [0.5, 0.6) is 0 Å². The summed E-state index contributed by atoms with van der Waals surface area (Å²) in [5.74, 6) is -0.389. The summed E-state index contributed by atoms with van der Waals surface area (Å²) in [5.41, 5.74) is 7.03. The number of carbonyl (C=O) groups is 1. The normalized spacial score (nSPS) is 19.7. The van der Waals surface area contributed by atoms with Crippen LogP contribution in [-0.4, -0.2) is 46.5 Å². The van der Waals surface area contributed by atoms with E-state index in [9.17, 15) is 9.59 Å². The van der Waals surface area contributed by atoms with Crippen molar-refractivity contribution in [2.45, 2.75) is 12.6 Å². The number of nitrogens with two attached hydrogens (primary N) is 1. The van der Waals surface area contributed by atoms with Gasteiger partial charge in [0.15, 0.2) is 0 Å². The number of para-hydroxylation sites is 2. The lowest BCUT2D eigenvalue weighted by Gasteiger charge is -2.33. The molecule has 21 heavy (non-hydrogen) atoms. The van der Waals surface area contributed by atoms with Gasteiger partial charge in [-0.15, -0.1) is 0 Å². The molecule has 1 unspecified atom stereocenters. The third kappa shape index (κ3) is 2.79. The van der Waals surface area contributed by atoms with Crippen LogP contribution >= 0.6 is 0 Å². The molecule has 1 atom stereocenters. The zero-order valence-corrected chi connectivity index (χ0v) is 11.5. The monoisotopic (exact) mass is 287 g/mol. The van der Waals surface area contributed by atoms with Crippen LogP contribution in [0.4, 0.5) is 0 Å². The standard InChI is InChI=1S/C14H17N5O2/c15-13(20)12-7-16-5-6-19(12)8-11-14(21)18-10-4-2-1-3-9(10)17-11/h1-4,12,16H,5-8H2,(H2,15,20)(H,18,21). The second kappa shape index (κ2) is 5.63. The number of piperazine rings is 1. The molecular formula is C14H17N5O2. The first-order chi connectivity index (χ1) is 10.1. The summed E-state index contributed by atoms with van der Waals surface area (Å²) in [6.07, 6.45) is 0. The van der Waals surface area contributed by atoms with Crippen LogP contribution in [0, 0.1) is 0 Å². The highest BCUT2D eigenvalue weighted by molar-refractivity contribution is 5.80. The minimum Gasteiger partial charge on any atom is -0.368 e. The quantitative estimate of drug-likeness (QED) is 0.684. The molecule has 2 heterocycles. The smallest absolute Gasteiger partial charge is 0.271 e. The molecule has 0 aliphatic carbocycles. The van der Waals surface area contributed by atoms with Crippen molar-refractivity contribution in [3.05, 3.63) is 40.3 Å². The Hall–Kier alpha value is -2.25. The van der Waals surface area contributed by atoms with Crippen molar-refractivity contribution in [3.63, 3.8) is 0 Å². The summed E-state index contributed by atoms with van der Waals surface area (Å²) in [4.78, 5) is 32.7. The van der Waals surface area contributed by atoms with Gasteiger partial charge in [0.05, 0.1) is 11.0 Å². The Labute approximate surface area is 121 Å². The summed E-state index contributed by atoms with van der Waals surface area (Å²) < 4.78 is 0. The summed E-state index contributed by atoms with van der Waals surface area (Å²) in [5, 5.41) is 3.13. The van der Waals surface area contributed by atoms with Crippen LogP contribution < -0.4 is 16.6 Å². The Bertz CT molecular complexity index is 727. The third-order valence-electron chi connectivity index (χ3n) is 3.71. The van der Waals surface area contributed by atoms with Gasteiger partial charge in [0.25, 0.3) is 5.56 Å². The highest BCUT2D eigenvalue weighted by Gasteiger charge is 2.27. The van der Waals surface area contributed by atoms with E-state index in [0.717, 1.165) is 12.1 Å². The van der Waals surface area contributed by atoms with E-state index in [1.807, 2.05) is 29.2 Å². The predicted molar refractivity (Wildman–Crippen MR) is 78.6 cm³/mol. The first-order valence-electron chi connectivity index (χ1n) is 6.87. The number of H-pyrrole nitrogens is 1. The van der Waals surface area contributed by atoms with E-state index in [-0.39, 0.29) is 11.5 Å². The van der Waals surface area contributed by atoms with Gasteiger partial charge in [-0.05, 0) is 12.1 Å². The number of hydrogen-bond donors (Lipinski definition) is 3. The van der Waals surface area contributed by atoms with Crippen LogP contribution in [0.15, 0.2) is 29.1 Å². The van der Waals surface area contributed by atoms with Crippen LogP contribution in [0.3, 0.4) is 0 Å². The molecule has 0 bridgehead atoms. The van der Waals surface area contributed by atoms with Gasteiger partial charge in [-0.3, -0.25) is 14.5 Å². The number of rotatable bonds is 3. The number of nitrogens with zero attached hydrogens (tertiary/aromatic N) is 2. The van der Waals surface area contributed by atoms with Gasteiger partial charge < -0.3 is 16.0 Å². The molecule has 1 saturated heterocycles. The summed E-state index contributed by atoms with van der Waals surface area (Å²) in [6, 6.07) is 6.96. The molecule has 1 aliphatic heterocycles. The Morgan fingerprint density at radius 3 is 3.05 bits per heavy atom. The average Bonchev–Trinajstić information content (AvgIpc) is 2.48. The van der Waals surface area contributed by atoms with E-state index < -0.39 is 6.04 Å². The average molecular weight is 287 g/mol. The number of benzene rings is 1. The molecular weight excluding hydrogens is 270 g/mol. The van der Waals surface area contributed by atoms with Gasteiger partial charge in [-0.2, -0.15) is 0 Å². The molecule has 4 N–H and O–H groups in total. The first kappa shape index (κ1) is 13.7. The number of amides is 1. The van der Waals surface area contributed by atoms with Crippen LogP contribution in [0.25, 0.3) is 11.0 Å². The highest BCUT2D eigenvalue weighted by Crippen LogP contribution is 2.10. The number of primary amides is 1. The number of hydrogen-bond acceptors (Lipinski definition) is 5. The van der Waals surface area contributed by atoms with E-state index in [2.05, 4.69) is 15.3 Å². The maximum Gasteiger partial charge on any atom is 0.271 e. The summed E-state index contributed by atoms with van der Waals surface area (Å²) in [6.45, 7) is 2.23. The maximum absolute atomic E-state index is 12.1. The van der Waals surface area contributed by atoms with Crippen molar-refractivity contribution in [1.82, 2.24) is 20.2 Å². The van der Waals surface area contributed by atoms with E-state index in [1.165, 1.54) is 0 Å². The Kier molecular flexibility index (Phi) is 3.68. The molecule has 7 heteroatoms. The molecule has 7 nitrogen and oxygen atoms in total.